The van der Waals surface area contributed by atoms with Crippen molar-refractivity contribution < 1.29 is 0 Å². The van der Waals surface area contributed by atoms with Crippen LogP contribution in [0.5, 0.6) is 0 Å². The summed E-state index contributed by atoms with van der Waals surface area (Å²) in [4.78, 5) is 0. The molecule has 2 heteroatoms. The fraction of sp³-hybridized carbons (Fsp3) is 0.455. The Hall–Kier alpha value is -0.860. The van der Waals surface area contributed by atoms with E-state index >= 15 is 0 Å². The second-order valence-corrected chi connectivity index (χ2v) is 3.44. The molecule has 0 aliphatic carbocycles. The Bertz CT molecular complexity index is 292. The zero-order valence-corrected chi connectivity index (χ0v) is 8.65. The minimum absolute atomic E-state index is 0.629. The fourth-order valence-electron chi connectivity index (χ4n) is 1.60. The van der Waals surface area contributed by atoms with Gasteiger partial charge in [0.05, 0.1) is 0 Å². The molecular weight excluding hydrogens is 160 g/mol. The van der Waals surface area contributed by atoms with E-state index in [1.54, 1.807) is 0 Å². The third kappa shape index (κ3) is 2.29. The standard InChI is InChI=1S/C11H18N2/c1-8-4-10(6-12)9(2)11(5-8)7-13-3/h4-5,13H,6-7,12H2,1-3H3. The van der Waals surface area contributed by atoms with Crippen LogP contribution in [0, 0.1) is 13.8 Å². The van der Waals surface area contributed by atoms with Crippen LogP contribution in [0.15, 0.2) is 12.1 Å². The summed E-state index contributed by atoms with van der Waals surface area (Å²) in [5, 5.41) is 3.16. The summed E-state index contributed by atoms with van der Waals surface area (Å²) in [7, 11) is 1.96. The van der Waals surface area contributed by atoms with E-state index < -0.39 is 0 Å². The Morgan fingerprint density at radius 1 is 1.23 bits per heavy atom. The van der Waals surface area contributed by atoms with Crippen molar-refractivity contribution in [2.24, 2.45) is 5.73 Å². The summed E-state index contributed by atoms with van der Waals surface area (Å²) in [5.41, 5.74) is 10.9. The zero-order chi connectivity index (χ0) is 9.84. The first-order chi connectivity index (χ1) is 6.19. The normalized spacial score (nSPS) is 10.5. The molecule has 1 aromatic carbocycles. The van der Waals surface area contributed by atoms with Crippen LogP contribution in [0.2, 0.25) is 0 Å². The number of rotatable bonds is 3. The first kappa shape index (κ1) is 10.2. The highest BCUT2D eigenvalue weighted by Crippen LogP contribution is 2.16. The maximum absolute atomic E-state index is 5.66. The van der Waals surface area contributed by atoms with E-state index in [4.69, 9.17) is 5.73 Å². The highest BCUT2D eigenvalue weighted by molar-refractivity contribution is 5.37. The van der Waals surface area contributed by atoms with Crippen molar-refractivity contribution in [3.63, 3.8) is 0 Å². The van der Waals surface area contributed by atoms with Crippen LogP contribution >= 0.6 is 0 Å². The number of benzene rings is 1. The SMILES string of the molecule is CNCc1cc(C)cc(CN)c1C. The molecule has 2 nitrogen and oxygen atoms in total. The molecule has 0 aliphatic rings. The van der Waals surface area contributed by atoms with Gasteiger partial charge < -0.3 is 11.1 Å². The third-order valence-corrected chi connectivity index (χ3v) is 2.35. The summed E-state index contributed by atoms with van der Waals surface area (Å²) in [5.74, 6) is 0. The van der Waals surface area contributed by atoms with Gasteiger partial charge >= 0.3 is 0 Å². The van der Waals surface area contributed by atoms with Crippen molar-refractivity contribution in [2.75, 3.05) is 7.05 Å². The topological polar surface area (TPSA) is 38.0 Å². The monoisotopic (exact) mass is 178 g/mol. The maximum atomic E-state index is 5.66. The van der Waals surface area contributed by atoms with Crippen molar-refractivity contribution >= 4 is 0 Å². The van der Waals surface area contributed by atoms with Crippen LogP contribution in [0.4, 0.5) is 0 Å². The Kier molecular flexibility index (Phi) is 3.46. The Labute approximate surface area is 80.1 Å². The molecule has 0 aliphatic heterocycles. The van der Waals surface area contributed by atoms with E-state index in [0.717, 1.165) is 6.54 Å². The molecule has 13 heavy (non-hydrogen) atoms. The number of aryl methyl sites for hydroxylation is 1. The summed E-state index contributed by atoms with van der Waals surface area (Å²) in [6.45, 7) is 5.79. The van der Waals surface area contributed by atoms with E-state index in [2.05, 4.69) is 31.3 Å². The van der Waals surface area contributed by atoms with Crippen LogP contribution in [0.1, 0.15) is 22.3 Å². The first-order valence-corrected chi connectivity index (χ1v) is 4.62. The lowest BCUT2D eigenvalue weighted by Gasteiger charge is -2.11. The van der Waals surface area contributed by atoms with E-state index in [0.29, 0.717) is 6.54 Å². The number of nitrogens with two attached hydrogens (primary N) is 1. The number of hydrogen-bond donors (Lipinski definition) is 2. The lowest BCUT2D eigenvalue weighted by atomic mass is 9.99. The molecule has 0 saturated carbocycles. The van der Waals surface area contributed by atoms with Gasteiger partial charge in [0, 0.05) is 13.1 Å². The van der Waals surface area contributed by atoms with Gasteiger partial charge in [-0.25, -0.2) is 0 Å². The number of hydrogen-bond acceptors (Lipinski definition) is 2. The lowest BCUT2D eigenvalue weighted by molar-refractivity contribution is 0.807. The molecule has 0 atom stereocenters. The van der Waals surface area contributed by atoms with E-state index in [1.165, 1.54) is 22.3 Å². The minimum atomic E-state index is 0.629. The number of nitrogens with one attached hydrogen (secondary N) is 1. The quantitative estimate of drug-likeness (QED) is 0.735. The van der Waals surface area contributed by atoms with E-state index in [9.17, 15) is 0 Å². The lowest BCUT2D eigenvalue weighted by Crippen LogP contribution is -2.09. The summed E-state index contributed by atoms with van der Waals surface area (Å²) < 4.78 is 0. The summed E-state index contributed by atoms with van der Waals surface area (Å²) in [6, 6.07) is 4.37. The van der Waals surface area contributed by atoms with Gasteiger partial charge in [0.25, 0.3) is 0 Å². The second kappa shape index (κ2) is 4.40. The molecule has 3 N–H and O–H groups in total. The van der Waals surface area contributed by atoms with Gasteiger partial charge in [-0.3, -0.25) is 0 Å². The van der Waals surface area contributed by atoms with Gasteiger partial charge in [-0.05, 0) is 37.6 Å². The largest absolute Gasteiger partial charge is 0.326 e. The van der Waals surface area contributed by atoms with Crippen molar-refractivity contribution in [1.29, 1.82) is 0 Å². The molecular formula is C11H18N2. The van der Waals surface area contributed by atoms with Crippen LogP contribution in [-0.2, 0) is 13.1 Å². The molecule has 0 bridgehead atoms. The molecule has 0 aromatic heterocycles. The predicted octanol–water partition coefficient (Wildman–Crippen LogP) is 1.48. The highest BCUT2D eigenvalue weighted by Gasteiger charge is 2.03. The molecule has 1 aromatic rings. The minimum Gasteiger partial charge on any atom is -0.326 e. The third-order valence-electron chi connectivity index (χ3n) is 2.35. The van der Waals surface area contributed by atoms with Gasteiger partial charge in [-0.2, -0.15) is 0 Å². The molecule has 1 rings (SSSR count). The molecule has 0 unspecified atom stereocenters. The van der Waals surface area contributed by atoms with Crippen molar-refractivity contribution in [2.45, 2.75) is 26.9 Å². The molecule has 0 spiro atoms. The van der Waals surface area contributed by atoms with Crippen LogP contribution in [-0.4, -0.2) is 7.05 Å². The van der Waals surface area contributed by atoms with Crippen LogP contribution in [0.25, 0.3) is 0 Å². The Morgan fingerprint density at radius 2 is 1.85 bits per heavy atom. The Morgan fingerprint density at radius 3 is 2.38 bits per heavy atom. The summed E-state index contributed by atoms with van der Waals surface area (Å²) in [6.07, 6.45) is 0. The predicted molar refractivity (Wildman–Crippen MR) is 56.6 cm³/mol. The Balaban J connectivity index is 3.11. The molecule has 0 heterocycles. The molecule has 0 saturated heterocycles. The molecule has 0 amide bonds. The van der Waals surface area contributed by atoms with Crippen molar-refractivity contribution in [3.05, 3.63) is 34.4 Å². The summed E-state index contributed by atoms with van der Waals surface area (Å²) >= 11 is 0. The van der Waals surface area contributed by atoms with Crippen LogP contribution in [0.3, 0.4) is 0 Å². The van der Waals surface area contributed by atoms with E-state index in [1.807, 2.05) is 7.05 Å². The highest BCUT2D eigenvalue weighted by atomic mass is 14.8. The van der Waals surface area contributed by atoms with E-state index in [-0.39, 0.29) is 0 Å². The molecule has 72 valence electrons. The molecule has 0 radical (unpaired) electrons. The maximum Gasteiger partial charge on any atom is 0.0205 e. The average Bonchev–Trinajstić information content (AvgIpc) is 2.11. The zero-order valence-electron chi connectivity index (χ0n) is 8.65. The van der Waals surface area contributed by atoms with Gasteiger partial charge in [-0.1, -0.05) is 17.7 Å². The first-order valence-electron chi connectivity index (χ1n) is 4.62. The second-order valence-electron chi connectivity index (χ2n) is 3.44. The van der Waals surface area contributed by atoms with Gasteiger partial charge in [0.2, 0.25) is 0 Å². The molecule has 0 fully saturated rings. The smallest absolute Gasteiger partial charge is 0.0205 e. The van der Waals surface area contributed by atoms with Gasteiger partial charge in [0.1, 0.15) is 0 Å². The fourth-order valence-corrected chi connectivity index (χ4v) is 1.60. The van der Waals surface area contributed by atoms with Gasteiger partial charge in [-0.15, -0.1) is 0 Å². The van der Waals surface area contributed by atoms with Crippen LogP contribution < -0.4 is 11.1 Å². The van der Waals surface area contributed by atoms with Gasteiger partial charge in [0.15, 0.2) is 0 Å². The average molecular weight is 178 g/mol. The van der Waals surface area contributed by atoms with Crippen molar-refractivity contribution in [1.82, 2.24) is 5.32 Å². The van der Waals surface area contributed by atoms with Crippen molar-refractivity contribution in [3.8, 4) is 0 Å².